The molecule has 0 saturated heterocycles. The van der Waals surface area contributed by atoms with Crippen molar-refractivity contribution in [3.63, 3.8) is 0 Å². The minimum atomic E-state index is -0.631. The summed E-state index contributed by atoms with van der Waals surface area (Å²) < 4.78 is 17.1. The number of fused-ring (bicyclic) bond motifs is 2. The maximum absolute atomic E-state index is 12.6. The molecule has 26 heavy (non-hydrogen) atoms. The maximum Gasteiger partial charge on any atom is 0.374 e. The van der Waals surface area contributed by atoms with Crippen molar-refractivity contribution in [1.29, 1.82) is 0 Å². The van der Waals surface area contributed by atoms with Gasteiger partial charge in [-0.1, -0.05) is 20.3 Å². The summed E-state index contributed by atoms with van der Waals surface area (Å²) in [4.78, 5) is 24.6. The van der Waals surface area contributed by atoms with E-state index in [0.717, 1.165) is 36.1 Å². The summed E-state index contributed by atoms with van der Waals surface area (Å²) in [5, 5.41) is 0.476. The normalized spacial score (nSPS) is 22.0. The van der Waals surface area contributed by atoms with Gasteiger partial charge in [0.25, 0.3) is 0 Å². The average Bonchev–Trinajstić information content (AvgIpc) is 2.57. The van der Waals surface area contributed by atoms with E-state index in [1.165, 1.54) is 6.07 Å². The van der Waals surface area contributed by atoms with Crippen molar-refractivity contribution in [2.24, 2.45) is 0 Å². The van der Waals surface area contributed by atoms with Crippen LogP contribution in [0.2, 0.25) is 0 Å². The third kappa shape index (κ3) is 3.11. The molecule has 3 rings (SSSR count). The van der Waals surface area contributed by atoms with Crippen molar-refractivity contribution in [1.82, 2.24) is 0 Å². The zero-order valence-corrected chi connectivity index (χ0v) is 16.1. The van der Waals surface area contributed by atoms with E-state index in [4.69, 9.17) is 13.9 Å². The van der Waals surface area contributed by atoms with Crippen LogP contribution in [0.3, 0.4) is 0 Å². The molecule has 0 saturated carbocycles. The van der Waals surface area contributed by atoms with Gasteiger partial charge in [-0.2, -0.15) is 0 Å². The highest BCUT2D eigenvalue weighted by molar-refractivity contribution is 5.90. The van der Waals surface area contributed by atoms with Crippen LogP contribution in [0.25, 0.3) is 11.0 Å². The summed E-state index contributed by atoms with van der Waals surface area (Å²) in [7, 11) is 0. The molecule has 2 atom stereocenters. The summed E-state index contributed by atoms with van der Waals surface area (Å²) in [6, 6.07) is 3.07. The minimum absolute atomic E-state index is 0.0763. The molecule has 1 aliphatic rings. The molecule has 0 radical (unpaired) electrons. The quantitative estimate of drug-likeness (QED) is 0.740. The number of carbonyl (C=O) groups excluding carboxylic acids is 1. The molecule has 0 spiro atoms. The van der Waals surface area contributed by atoms with Crippen LogP contribution in [0.5, 0.6) is 5.75 Å². The Kier molecular flexibility index (Phi) is 4.82. The molecule has 5 heteroatoms. The highest BCUT2D eigenvalue weighted by Gasteiger charge is 2.36. The predicted octanol–water partition coefficient (Wildman–Crippen LogP) is 4.72. The zero-order valence-electron chi connectivity index (χ0n) is 16.1. The fourth-order valence-electron chi connectivity index (χ4n) is 3.99. The largest absolute Gasteiger partial charge is 0.487 e. The molecule has 1 aromatic heterocycles. The average molecular weight is 358 g/mol. The van der Waals surface area contributed by atoms with Crippen molar-refractivity contribution in [3.05, 3.63) is 39.2 Å². The van der Waals surface area contributed by atoms with Crippen LogP contribution < -0.4 is 10.2 Å². The van der Waals surface area contributed by atoms with Crippen LogP contribution in [-0.4, -0.2) is 18.2 Å². The predicted molar refractivity (Wildman–Crippen MR) is 100 cm³/mol. The molecule has 1 aromatic carbocycles. The van der Waals surface area contributed by atoms with Gasteiger partial charge >= 0.3 is 5.97 Å². The monoisotopic (exact) mass is 358 g/mol. The van der Waals surface area contributed by atoms with E-state index in [2.05, 4.69) is 20.8 Å². The minimum Gasteiger partial charge on any atom is -0.487 e. The SMILES string of the molecule is CCCC1(C)CC(C)c2cc3c(=O)cc(C(=O)OCC)oc3c(C)c2O1. The first kappa shape index (κ1) is 18.5. The lowest BCUT2D eigenvalue weighted by atomic mass is 9.81. The maximum atomic E-state index is 12.6. The van der Waals surface area contributed by atoms with Crippen LogP contribution in [0.4, 0.5) is 0 Å². The number of hydrogen-bond acceptors (Lipinski definition) is 5. The Morgan fingerprint density at radius 3 is 2.73 bits per heavy atom. The summed E-state index contributed by atoms with van der Waals surface area (Å²) in [5.74, 6) is 0.347. The fourth-order valence-corrected chi connectivity index (χ4v) is 3.99. The molecule has 1 aliphatic heterocycles. The molecule has 0 amide bonds. The van der Waals surface area contributed by atoms with E-state index < -0.39 is 5.97 Å². The van der Waals surface area contributed by atoms with Gasteiger partial charge in [0.1, 0.15) is 16.9 Å². The van der Waals surface area contributed by atoms with E-state index >= 15 is 0 Å². The van der Waals surface area contributed by atoms with E-state index in [-0.39, 0.29) is 29.3 Å². The van der Waals surface area contributed by atoms with Crippen LogP contribution >= 0.6 is 0 Å². The number of esters is 1. The molecule has 140 valence electrons. The Balaban J connectivity index is 2.20. The van der Waals surface area contributed by atoms with E-state index in [1.54, 1.807) is 6.92 Å². The van der Waals surface area contributed by atoms with E-state index in [0.29, 0.717) is 11.0 Å². The molecular formula is C21H26O5. The number of ether oxygens (including phenoxy) is 2. The Hall–Kier alpha value is -2.30. The molecule has 0 fully saturated rings. The van der Waals surface area contributed by atoms with Crippen LogP contribution in [0.15, 0.2) is 21.3 Å². The molecular weight excluding hydrogens is 332 g/mol. The lowest BCUT2D eigenvalue weighted by Gasteiger charge is -2.40. The highest BCUT2D eigenvalue weighted by Crippen LogP contribution is 2.46. The molecule has 0 bridgehead atoms. The molecule has 2 heterocycles. The number of hydrogen-bond donors (Lipinski definition) is 0. The van der Waals surface area contributed by atoms with Crippen molar-refractivity contribution < 1.29 is 18.7 Å². The number of benzene rings is 1. The molecule has 2 unspecified atom stereocenters. The van der Waals surface area contributed by atoms with Crippen molar-refractivity contribution >= 4 is 16.9 Å². The second-order valence-corrected chi connectivity index (χ2v) is 7.40. The van der Waals surface area contributed by atoms with Gasteiger partial charge in [-0.05, 0) is 51.2 Å². The Labute approximate surface area is 153 Å². The van der Waals surface area contributed by atoms with Gasteiger partial charge in [0, 0.05) is 11.6 Å². The second-order valence-electron chi connectivity index (χ2n) is 7.40. The molecule has 5 nitrogen and oxygen atoms in total. The Morgan fingerprint density at radius 2 is 2.08 bits per heavy atom. The van der Waals surface area contributed by atoms with E-state index in [9.17, 15) is 9.59 Å². The van der Waals surface area contributed by atoms with Crippen LogP contribution in [0, 0.1) is 6.92 Å². The van der Waals surface area contributed by atoms with Crippen molar-refractivity contribution in [2.45, 2.75) is 65.4 Å². The van der Waals surface area contributed by atoms with Gasteiger partial charge in [-0.25, -0.2) is 4.79 Å². The Morgan fingerprint density at radius 1 is 1.35 bits per heavy atom. The third-order valence-corrected chi connectivity index (χ3v) is 5.10. The molecule has 2 aromatic rings. The number of aryl methyl sites for hydroxylation is 1. The van der Waals surface area contributed by atoms with Crippen molar-refractivity contribution in [3.8, 4) is 5.75 Å². The lowest BCUT2D eigenvalue weighted by molar-refractivity contribution is 0.0452. The first-order valence-corrected chi connectivity index (χ1v) is 9.27. The lowest BCUT2D eigenvalue weighted by Crippen LogP contribution is -2.37. The summed E-state index contributed by atoms with van der Waals surface area (Å²) in [6.45, 7) is 10.2. The fraction of sp³-hybridized carbons (Fsp3) is 0.524. The highest BCUT2D eigenvalue weighted by atomic mass is 16.5. The van der Waals surface area contributed by atoms with Crippen molar-refractivity contribution in [2.75, 3.05) is 6.61 Å². The van der Waals surface area contributed by atoms with Crippen LogP contribution in [-0.2, 0) is 4.74 Å². The summed E-state index contributed by atoms with van der Waals surface area (Å²) in [5.41, 5.74) is 1.70. The van der Waals surface area contributed by atoms with Gasteiger partial charge in [-0.3, -0.25) is 4.79 Å². The third-order valence-electron chi connectivity index (χ3n) is 5.10. The Bertz CT molecular complexity index is 911. The number of carbonyl (C=O) groups is 1. The first-order chi connectivity index (χ1) is 12.3. The molecule has 0 aliphatic carbocycles. The van der Waals surface area contributed by atoms with Gasteiger partial charge in [-0.15, -0.1) is 0 Å². The standard InChI is InChI=1S/C21H26O5/c1-6-8-21(5)11-12(3)14-9-15-16(22)10-17(20(23)24-7-2)25-18(15)13(4)19(14)26-21/h9-10,12H,6-8,11H2,1-5H3. The van der Waals surface area contributed by atoms with E-state index in [1.807, 2.05) is 13.0 Å². The number of rotatable bonds is 4. The molecule has 0 N–H and O–H groups in total. The smallest absolute Gasteiger partial charge is 0.374 e. The zero-order chi connectivity index (χ0) is 19.1. The summed E-state index contributed by atoms with van der Waals surface area (Å²) >= 11 is 0. The van der Waals surface area contributed by atoms with Gasteiger partial charge in [0.05, 0.1) is 12.0 Å². The summed E-state index contributed by atoms with van der Waals surface area (Å²) in [6.07, 6.45) is 2.90. The van der Waals surface area contributed by atoms with Gasteiger partial charge in [0.15, 0.2) is 5.43 Å². The van der Waals surface area contributed by atoms with Gasteiger partial charge < -0.3 is 13.9 Å². The van der Waals surface area contributed by atoms with Crippen LogP contribution in [0.1, 0.15) is 74.6 Å². The second kappa shape index (κ2) is 6.78. The first-order valence-electron chi connectivity index (χ1n) is 9.27. The van der Waals surface area contributed by atoms with Gasteiger partial charge in [0.2, 0.25) is 5.76 Å². The topological polar surface area (TPSA) is 65.7 Å².